The number of nitrogens with zero attached hydrogens (tertiary/aromatic N) is 1. The van der Waals surface area contributed by atoms with Crippen LogP contribution in [0, 0.1) is 0 Å². The number of carbonyl (C=O) groups excluding carboxylic acids is 2. The van der Waals surface area contributed by atoms with Crippen molar-refractivity contribution in [3.05, 3.63) is 59.2 Å². The molecule has 2 amide bonds. The SMILES string of the molecule is CCOc1cccc(CNC(=O)c2ccc3c(c2)S(=O)(=O)N(C(C)C)C3=O)c1. The van der Waals surface area contributed by atoms with Crippen molar-refractivity contribution in [2.45, 2.75) is 38.3 Å². The molecule has 7 nitrogen and oxygen atoms in total. The predicted molar refractivity (Wildman–Crippen MR) is 104 cm³/mol. The zero-order chi connectivity index (χ0) is 20.5. The summed E-state index contributed by atoms with van der Waals surface area (Å²) in [4.78, 5) is 24.7. The Labute approximate surface area is 164 Å². The lowest BCUT2D eigenvalue weighted by Gasteiger charge is -2.18. The molecule has 2 aromatic rings. The number of hydrogen-bond donors (Lipinski definition) is 1. The van der Waals surface area contributed by atoms with E-state index in [1.807, 2.05) is 31.2 Å². The first kappa shape index (κ1) is 19.9. The van der Waals surface area contributed by atoms with Gasteiger partial charge in [0.15, 0.2) is 0 Å². The van der Waals surface area contributed by atoms with Gasteiger partial charge in [-0.25, -0.2) is 12.7 Å². The lowest BCUT2D eigenvalue weighted by molar-refractivity contribution is 0.0845. The minimum atomic E-state index is -3.94. The minimum Gasteiger partial charge on any atom is -0.494 e. The number of hydrogen-bond acceptors (Lipinski definition) is 5. The molecule has 8 heteroatoms. The van der Waals surface area contributed by atoms with Crippen LogP contribution in [-0.2, 0) is 16.6 Å². The van der Waals surface area contributed by atoms with E-state index in [0.29, 0.717) is 12.4 Å². The normalized spacial score (nSPS) is 14.9. The second kappa shape index (κ2) is 7.63. The third-order valence-corrected chi connectivity index (χ3v) is 6.34. The van der Waals surface area contributed by atoms with E-state index in [9.17, 15) is 18.0 Å². The number of sulfonamides is 1. The summed E-state index contributed by atoms with van der Waals surface area (Å²) in [5.74, 6) is -0.273. The summed E-state index contributed by atoms with van der Waals surface area (Å²) >= 11 is 0. The Morgan fingerprint density at radius 2 is 1.93 bits per heavy atom. The fourth-order valence-electron chi connectivity index (χ4n) is 3.10. The molecule has 0 aliphatic carbocycles. The molecule has 1 aliphatic rings. The van der Waals surface area contributed by atoms with Gasteiger partial charge in [0.1, 0.15) is 10.6 Å². The molecule has 0 radical (unpaired) electrons. The van der Waals surface area contributed by atoms with Crippen molar-refractivity contribution in [1.29, 1.82) is 0 Å². The summed E-state index contributed by atoms with van der Waals surface area (Å²) in [5.41, 5.74) is 1.13. The zero-order valence-corrected chi connectivity index (χ0v) is 16.7. The Hall–Kier alpha value is -2.87. The molecule has 28 heavy (non-hydrogen) atoms. The molecule has 0 unspecified atom stereocenters. The average molecular weight is 402 g/mol. The predicted octanol–water partition coefficient (Wildman–Crippen LogP) is 2.57. The van der Waals surface area contributed by atoms with Crippen molar-refractivity contribution in [1.82, 2.24) is 9.62 Å². The molecule has 148 valence electrons. The van der Waals surface area contributed by atoms with Crippen molar-refractivity contribution in [2.24, 2.45) is 0 Å². The molecule has 0 aromatic heterocycles. The third kappa shape index (κ3) is 3.60. The Morgan fingerprint density at radius 3 is 2.61 bits per heavy atom. The number of fused-ring (bicyclic) bond motifs is 1. The average Bonchev–Trinajstić information content (AvgIpc) is 2.85. The number of amides is 2. The summed E-state index contributed by atoms with van der Waals surface area (Å²) in [6, 6.07) is 11.0. The van der Waals surface area contributed by atoms with Gasteiger partial charge in [0.05, 0.1) is 12.2 Å². The first-order valence-corrected chi connectivity index (χ1v) is 10.4. The van der Waals surface area contributed by atoms with Crippen molar-refractivity contribution >= 4 is 21.8 Å². The van der Waals surface area contributed by atoms with Crippen molar-refractivity contribution in [3.63, 3.8) is 0 Å². The fraction of sp³-hybridized carbons (Fsp3) is 0.300. The molecule has 3 rings (SSSR count). The highest BCUT2D eigenvalue weighted by atomic mass is 32.2. The van der Waals surface area contributed by atoms with Crippen molar-refractivity contribution in [2.75, 3.05) is 6.61 Å². The summed E-state index contributed by atoms with van der Waals surface area (Å²) < 4.78 is 31.6. The Kier molecular flexibility index (Phi) is 5.42. The molecule has 0 atom stereocenters. The number of carbonyl (C=O) groups is 2. The van der Waals surface area contributed by atoms with E-state index in [-0.39, 0.29) is 22.6 Å². The summed E-state index contributed by atoms with van der Waals surface area (Å²) in [6.07, 6.45) is 0. The topological polar surface area (TPSA) is 92.8 Å². The molecule has 1 heterocycles. The molecule has 0 spiro atoms. The van der Waals surface area contributed by atoms with Crippen LogP contribution in [-0.4, -0.2) is 37.2 Å². The van der Waals surface area contributed by atoms with E-state index in [2.05, 4.69) is 5.32 Å². The number of ether oxygens (including phenoxy) is 1. The second-order valence-corrected chi connectivity index (χ2v) is 8.46. The first-order valence-electron chi connectivity index (χ1n) is 8.98. The van der Waals surface area contributed by atoms with Gasteiger partial charge in [-0.3, -0.25) is 9.59 Å². The Balaban J connectivity index is 1.79. The van der Waals surface area contributed by atoms with Gasteiger partial charge in [-0.05, 0) is 56.7 Å². The number of rotatable bonds is 6. The summed E-state index contributed by atoms with van der Waals surface area (Å²) in [5, 5.41) is 2.76. The summed E-state index contributed by atoms with van der Waals surface area (Å²) in [6.45, 7) is 5.96. The molecule has 0 saturated carbocycles. The minimum absolute atomic E-state index is 0.0923. The van der Waals surface area contributed by atoms with Gasteiger partial charge >= 0.3 is 0 Å². The van der Waals surface area contributed by atoms with Gasteiger partial charge in [0.25, 0.3) is 21.8 Å². The maximum Gasteiger partial charge on any atom is 0.269 e. The Morgan fingerprint density at radius 1 is 1.18 bits per heavy atom. The standard InChI is InChI=1S/C20H22N2O5S/c1-4-27-16-7-5-6-14(10-16)12-21-19(23)15-8-9-17-18(11-15)28(25,26)22(13(2)3)20(17)24/h5-11,13H,4,12H2,1-3H3,(H,21,23). The van der Waals surface area contributed by atoms with Gasteiger partial charge in [-0.15, -0.1) is 0 Å². The largest absolute Gasteiger partial charge is 0.494 e. The van der Waals surface area contributed by atoms with E-state index < -0.39 is 27.9 Å². The van der Waals surface area contributed by atoms with Crippen LogP contribution in [0.4, 0.5) is 0 Å². The van der Waals surface area contributed by atoms with Gasteiger partial charge in [-0.1, -0.05) is 12.1 Å². The van der Waals surface area contributed by atoms with Crippen LogP contribution in [0.15, 0.2) is 47.4 Å². The van der Waals surface area contributed by atoms with Crippen LogP contribution in [0.25, 0.3) is 0 Å². The van der Waals surface area contributed by atoms with E-state index in [1.54, 1.807) is 13.8 Å². The molecule has 2 aromatic carbocycles. The van der Waals surface area contributed by atoms with Crippen molar-refractivity contribution in [3.8, 4) is 5.75 Å². The van der Waals surface area contributed by atoms with Crippen LogP contribution in [0.3, 0.4) is 0 Å². The van der Waals surface area contributed by atoms with E-state index in [1.165, 1.54) is 18.2 Å². The van der Waals surface area contributed by atoms with E-state index in [0.717, 1.165) is 9.87 Å². The third-order valence-electron chi connectivity index (χ3n) is 4.34. The summed E-state index contributed by atoms with van der Waals surface area (Å²) in [7, 11) is -3.94. The molecular formula is C20H22N2O5S. The second-order valence-electron chi connectivity index (χ2n) is 6.67. The highest BCUT2D eigenvalue weighted by molar-refractivity contribution is 7.90. The number of nitrogens with one attached hydrogen (secondary N) is 1. The van der Waals surface area contributed by atoms with Crippen LogP contribution in [0.2, 0.25) is 0 Å². The monoisotopic (exact) mass is 402 g/mol. The van der Waals surface area contributed by atoms with Crippen LogP contribution in [0.5, 0.6) is 5.75 Å². The number of benzene rings is 2. The van der Waals surface area contributed by atoms with Crippen LogP contribution in [0.1, 0.15) is 47.1 Å². The van der Waals surface area contributed by atoms with Crippen LogP contribution >= 0.6 is 0 Å². The zero-order valence-electron chi connectivity index (χ0n) is 15.9. The molecule has 1 aliphatic heterocycles. The molecular weight excluding hydrogens is 380 g/mol. The van der Waals surface area contributed by atoms with Crippen LogP contribution < -0.4 is 10.1 Å². The van der Waals surface area contributed by atoms with Gasteiger partial charge in [0.2, 0.25) is 0 Å². The molecule has 1 N–H and O–H groups in total. The van der Waals surface area contributed by atoms with Gasteiger partial charge in [-0.2, -0.15) is 0 Å². The van der Waals surface area contributed by atoms with Crippen molar-refractivity contribution < 1.29 is 22.7 Å². The highest BCUT2D eigenvalue weighted by Gasteiger charge is 2.42. The molecule has 0 saturated heterocycles. The highest BCUT2D eigenvalue weighted by Crippen LogP contribution is 2.32. The van der Waals surface area contributed by atoms with E-state index in [4.69, 9.17) is 4.74 Å². The Bertz CT molecular complexity index is 1030. The lowest BCUT2D eigenvalue weighted by atomic mass is 10.1. The quantitative estimate of drug-likeness (QED) is 0.802. The first-order chi connectivity index (χ1) is 13.3. The van der Waals surface area contributed by atoms with Gasteiger partial charge < -0.3 is 10.1 Å². The van der Waals surface area contributed by atoms with Gasteiger partial charge in [0, 0.05) is 18.2 Å². The lowest BCUT2D eigenvalue weighted by Crippen LogP contribution is -2.36. The maximum absolute atomic E-state index is 12.6. The fourth-order valence-corrected chi connectivity index (χ4v) is 4.89. The molecule has 0 fully saturated rings. The maximum atomic E-state index is 12.6. The smallest absolute Gasteiger partial charge is 0.269 e. The molecule has 0 bridgehead atoms. The van der Waals surface area contributed by atoms with E-state index >= 15 is 0 Å².